The molecule has 0 radical (unpaired) electrons. The molecule has 2 aliphatic rings. The SMILES string of the molecule is O=S(=O)(N[C@H]1CC[C@H]2CCN(Cc3cccc(Cl)c3)CN21)c1cccc(C(F)(F)F)c1. The number of rotatable bonds is 5. The first-order chi connectivity index (χ1) is 14.6. The Kier molecular flexibility index (Phi) is 6.33. The molecule has 2 heterocycles. The van der Waals surface area contributed by atoms with Crippen molar-refractivity contribution in [1.29, 1.82) is 0 Å². The Morgan fingerprint density at radius 3 is 2.58 bits per heavy atom. The molecule has 0 aromatic heterocycles. The molecule has 2 saturated heterocycles. The van der Waals surface area contributed by atoms with Crippen LogP contribution in [0, 0.1) is 0 Å². The van der Waals surface area contributed by atoms with Gasteiger partial charge in [-0.25, -0.2) is 8.42 Å². The maximum atomic E-state index is 13.0. The van der Waals surface area contributed by atoms with Crippen LogP contribution in [-0.4, -0.2) is 43.6 Å². The minimum atomic E-state index is -4.60. The number of fused-ring (bicyclic) bond motifs is 1. The highest BCUT2D eigenvalue weighted by molar-refractivity contribution is 7.89. The summed E-state index contributed by atoms with van der Waals surface area (Å²) < 4.78 is 67.2. The lowest BCUT2D eigenvalue weighted by Crippen LogP contribution is -2.54. The predicted molar refractivity (Wildman–Crippen MR) is 112 cm³/mol. The summed E-state index contributed by atoms with van der Waals surface area (Å²) >= 11 is 6.07. The third-order valence-corrected chi connectivity index (χ3v) is 7.53. The van der Waals surface area contributed by atoms with Gasteiger partial charge in [-0.1, -0.05) is 29.8 Å². The monoisotopic (exact) mass is 473 g/mol. The van der Waals surface area contributed by atoms with Gasteiger partial charge in [0.1, 0.15) is 0 Å². The molecule has 168 valence electrons. The molecule has 0 bridgehead atoms. The Balaban J connectivity index is 1.46. The molecule has 0 spiro atoms. The Bertz CT molecular complexity index is 1050. The van der Waals surface area contributed by atoms with Gasteiger partial charge in [-0.15, -0.1) is 0 Å². The summed E-state index contributed by atoms with van der Waals surface area (Å²) in [5.74, 6) is 0. The Morgan fingerprint density at radius 2 is 1.84 bits per heavy atom. The molecule has 0 unspecified atom stereocenters. The molecule has 0 amide bonds. The van der Waals surface area contributed by atoms with Crippen molar-refractivity contribution in [2.75, 3.05) is 13.2 Å². The minimum absolute atomic E-state index is 0.254. The molecule has 2 atom stereocenters. The van der Waals surface area contributed by atoms with Gasteiger partial charge in [0.25, 0.3) is 0 Å². The van der Waals surface area contributed by atoms with E-state index in [1.54, 1.807) is 0 Å². The van der Waals surface area contributed by atoms with Crippen LogP contribution in [0.5, 0.6) is 0 Å². The van der Waals surface area contributed by atoms with Crippen LogP contribution >= 0.6 is 11.6 Å². The molecule has 10 heteroatoms. The molecule has 5 nitrogen and oxygen atoms in total. The van der Waals surface area contributed by atoms with Crippen LogP contribution in [0.4, 0.5) is 13.2 Å². The van der Waals surface area contributed by atoms with Gasteiger partial charge in [-0.3, -0.25) is 9.80 Å². The molecular formula is C21H23ClF3N3O2S. The van der Waals surface area contributed by atoms with Gasteiger partial charge in [0, 0.05) is 24.2 Å². The summed E-state index contributed by atoms with van der Waals surface area (Å²) in [6.45, 7) is 2.16. The lowest BCUT2D eigenvalue weighted by molar-refractivity contribution is -0.137. The highest BCUT2D eigenvalue weighted by Crippen LogP contribution is 2.32. The molecule has 1 N–H and O–H groups in total. The molecular weight excluding hydrogens is 451 g/mol. The fourth-order valence-corrected chi connectivity index (χ4v) is 5.83. The topological polar surface area (TPSA) is 52.7 Å². The predicted octanol–water partition coefficient (Wildman–Crippen LogP) is 4.29. The standard InChI is InChI=1S/C21H23ClF3N3O2S/c22-17-5-1-3-15(11-17)13-27-10-9-18-7-8-20(28(18)14-27)26-31(29,30)19-6-2-4-16(12-19)21(23,24)25/h1-6,11-12,18,20,26H,7-10,13-14H2/t18-,20+/m0/s1. The smallest absolute Gasteiger partial charge is 0.286 e. The molecule has 2 aliphatic heterocycles. The second-order valence-electron chi connectivity index (χ2n) is 8.02. The molecule has 0 aliphatic carbocycles. The second-order valence-corrected chi connectivity index (χ2v) is 10.2. The summed E-state index contributed by atoms with van der Waals surface area (Å²) in [5, 5.41) is 0.667. The average molecular weight is 474 g/mol. The number of nitrogens with zero attached hydrogens (tertiary/aromatic N) is 2. The number of hydrogen-bond donors (Lipinski definition) is 1. The number of alkyl halides is 3. The normalized spacial score (nSPS) is 23.1. The summed E-state index contributed by atoms with van der Waals surface area (Å²) in [4.78, 5) is 3.94. The third kappa shape index (κ3) is 5.23. The molecule has 0 saturated carbocycles. The molecule has 2 aromatic carbocycles. The lowest BCUT2D eigenvalue weighted by Gasteiger charge is -2.40. The summed E-state index contributed by atoms with van der Waals surface area (Å²) in [6, 6.07) is 11.7. The molecule has 2 fully saturated rings. The van der Waals surface area contributed by atoms with Crippen molar-refractivity contribution in [1.82, 2.24) is 14.5 Å². The maximum Gasteiger partial charge on any atom is 0.416 e. The van der Waals surface area contributed by atoms with Crippen molar-refractivity contribution >= 4 is 21.6 Å². The van der Waals surface area contributed by atoms with Gasteiger partial charge in [0.15, 0.2) is 0 Å². The average Bonchev–Trinajstić information content (AvgIpc) is 3.09. The second kappa shape index (κ2) is 8.71. The largest absolute Gasteiger partial charge is 0.416 e. The van der Waals surface area contributed by atoms with E-state index in [4.69, 9.17) is 11.6 Å². The van der Waals surface area contributed by atoms with Crippen LogP contribution in [-0.2, 0) is 22.7 Å². The fourth-order valence-electron chi connectivity index (χ4n) is 4.33. The number of benzene rings is 2. The van der Waals surface area contributed by atoms with E-state index in [1.165, 1.54) is 6.07 Å². The van der Waals surface area contributed by atoms with E-state index in [1.807, 2.05) is 24.3 Å². The minimum Gasteiger partial charge on any atom is -0.286 e. The van der Waals surface area contributed by atoms with Crippen LogP contribution in [0.2, 0.25) is 5.02 Å². The van der Waals surface area contributed by atoms with Crippen LogP contribution in [0.25, 0.3) is 0 Å². The molecule has 4 rings (SSSR count). The summed E-state index contributed by atoms with van der Waals surface area (Å²) in [6.07, 6.45) is -2.68. The van der Waals surface area contributed by atoms with Gasteiger partial charge in [-0.2, -0.15) is 17.9 Å². The summed E-state index contributed by atoms with van der Waals surface area (Å²) in [5.41, 5.74) is 0.0941. The zero-order valence-electron chi connectivity index (χ0n) is 16.6. The van der Waals surface area contributed by atoms with E-state index in [9.17, 15) is 21.6 Å². The van der Waals surface area contributed by atoms with E-state index >= 15 is 0 Å². The van der Waals surface area contributed by atoms with Crippen LogP contribution in [0.15, 0.2) is 53.4 Å². The van der Waals surface area contributed by atoms with Crippen LogP contribution in [0.3, 0.4) is 0 Å². The molecule has 2 aromatic rings. The summed E-state index contributed by atoms with van der Waals surface area (Å²) in [7, 11) is -4.09. The van der Waals surface area contributed by atoms with Crippen molar-refractivity contribution in [2.24, 2.45) is 0 Å². The van der Waals surface area contributed by atoms with Crippen molar-refractivity contribution in [2.45, 2.75) is 49.1 Å². The zero-order chi connectivity index (χ0) is 22.2. The fraction of sp³-hybridized carbons (Fsp3) is 0.429. The zero-order valence-corrected chi connectivity index (χ0v) is 18.2. The van der Waals surface area contributed by atoms with Gasteiger partial charge in [0.2, 0.25) is 10.0 Å². The first kappa shape index (κ1) is 22.5. The van der Waals surface area contributed by atoms with E-state index < -0.39 is 27.9 Å². The van der Waals surface area contributed by atoms with Crippen molar-refractivity contribution < 1.29 is 21.6 Å². The third-order valence-electron chi connectivity index (χ3n) is 5.84. The quantitative estimate of drug-likeness (QED) is 0.704. The Labute approximate surface area is 184 Å². The van der Waals surface area contributed by atoms with Gasteiger partial charge < -0.3 is 0 Å². The lowest BCUT2D eigenvalue weighted by atomic mass is 10.1. The first-order valence-corrected chi connectivity index (χ1v) is 11.9. The Morgan fingerprint density at radius 1 is 1.06 bits per heavy atom. The van der Waals surface area contributed by atoms with Gasteiger partial charge >= 0.3 is 6.18 Å². The van der Waals surface area contributed by atoms with E-state index in [0.29, 0.717) is 30.7 Å². The Hall–Kier alpha value is -1.65. The highest BCUT2D eigenvalue weighted by Gasteiger charge is 2.39. The van der Waals surface area contributed by atoms with Crippen LogP contribution < -0.4 is 4.72 Å². The van der Waals surface area contributed by atoms with Gasteiger partial charge in [0.05, 0.1) is 23.3 Å². The number of sulfonamides is 1. The molecule has 31 heavy (non-hydrogen) atoms. The van der Waals surface area contributed by atoms with Crippen molar-refractivity contribution in [3.05, 3.63) is 64.7 Å². The van der Waals surface area contributed by atoms with Crippen molar-refractivity contribution in [3.63, 3.8) is 0 Å². The van der Waals surface area contributed by atoms with Crippen molar-refractivity contribution in [3.8, 4) is 0 Å². The highest BCUT2D eigenvalue weighted by atomic mass is 35.5. The number of halogens is 4. The first-order valence-electron chi connectivity index (χ1n) is 10.0. The maximum absolute atomic E-state index is 13.0. The van der Waals surface area contributed by atoms with Crippen LogP contribution in [0.1, 0.15) is 30.4 Å². The number of nitrogens with one attached hydrogen (secondary N) is 1. The van der Waals surface area contributed by atoms with E-state index in [-0.39, 0.29) is 10.9 Å². The number of hydrogen-bond acceptors (Lipinski definition) is 4. The van der Waals surface area contributed by atoms with Gasteiger partial charge in [-0.05, 0) is 55.2 Å². The van der Waals surface area contributed by atoms with E-state index in [0.717, 1.165) is 37.1 Å². The van der Waals surface area contributed by atoms with E-state index in [2.05, 4.69) is 14.5 Å².